The average Bonchev–Trinajstić information content (AvgIpc) is 2.30. The first-order chi connectivity index (χ1) is 8.15. The van der Waals surface area contributed by atoms with E-state index in [2.05, 4.69) is 4.98 Å². The molecule has 0 saturated heterocycles. The van der Waals surface area contributed by atoms with Gasteiger partial charge in [-0.3, -0.25) is 0 Å². The minimum Gasteiger partial charge on any atom is -0.487 e. The number of nitrogens with zero attached hydrogens (tertiary/aromatic N) is 1. The molecule has 0 unspecified atom stereocenters. The van der Waals surface area contributed by atoms with Crippen LogP contribution in [-0.2, 0) is 6.61 Å². The lowest BCUT2D eigenvalue weighted by Gasteiger charge is -2.09. The SMILES string of the molecule is Cc1ccc(Cl)c(OCc2ccnc(N)c2)c1. The van der Waals surface area contributed by atoms with Gasteiger partial charge in [0.05, 0.1) is 5.02 Å². The smallest absolute Gasteiger partial charge is 0.138 e. The number of hydrogen-bond acceptors (Lipinski definition) is 3. The number of aryl methyl sites for hydroxylation is 1. The standard InChI is InChI=1S/C13H13ClN2O/c1-9-2-3-11(14)12(6-9)17-8-10-4-5-16-13(15)7-10/h2-7H,8H2,1H3,(H2,15,16). The first-order valence-electron chi connectivity index (χ1n) is 5.24. The topological polar surface area (TPSA) is 48.1 Å². The van der Waals surface area contributed by atoms with Crippen molar-refractivity contribution in [1.82, 2.24) is 4.98 Å². The first-order valence-corrected chi connectivity index (χ1v) is 5.62. The summed E-state index contributed by atoms with van der Waals surface area (Å²) in [7, 11) is 0. The van der Waals surface area contributed by atoms with Gasteiger partial charge in [0.2, 0.25) is 0 Å². The Labute approximate surface area is 105 Å². The second-order valence-electron chi connectivity index (χ2n) is 3.81. The molecule has 0 aliphatic heterocycles. The third-order valence-electron chi connectivity index (χ3n) is 2.33. The van der Waals surface area contributed by atoms with Crippen LogP contribution in [0.5, 0.6) is 5.75 Å². The molecule has 3 nitrogen and oxygen atoms in total. The number of nitrogen functional groups attached to an aromatic ring is 1. The summed E-state index contributed by atoms with van der Waals surface area (Å²) < 4.78 is 5.64. The van der Waals surface area contributed by atoms with Gasteiger partial charge in [-0.25, -0.2) is 4.98 Å². The molecular weight excluding hydrogens is 236 g/mol. The van der Waals surface area contributed by atoms with Gasteiger partial charge < -0.3 is 10.5 Å². The maximum absolute atomic E-state index is 6.03. The second kappa shape index (κ2) is 5.06. The van der Waals surface area contributed by atoms with Gasteiger partial charge in [-0.2, -0.15) is 0 Å². The van der Waals surface area contributed by atoms with Crippen LogP contribution in [-0.4, -0.2) is 4.98 Å². The molecule has 0 saturated carbocycles. The van der Waals surface area contributed by atoms with E-state index in [1.54, 1.807) is 12.3 Å². The van der Waals surface area contributed by atoms with Crippen LogP contribution >= 0.6 is 11.6 Å². The fourth-order valence-electron chi connectivity index (χ4n) is 1.47. The van der Waals surface area contributed by atoms with Crippen molar-refractivity contribution in [3.8, 4) is 5.75 Å². The Morgan fingerprint density at radius 1 is 1.29 bits per heavy atom. The lowest BCUT2D eigenvalue weighted by Crippen LogP contribution is -1.98. The van der Waals surface area contributed by atoms with Crippen molar-refractivity contribution in [3.05, 3.63) is 52.7 Å². The van der Waals surface area contributed by atoms with Gasteiger partial charge in [0, 0.05) is 6.20 Å². The Kier molecular flexibility index (Phi) is 3.49. The van der Waals surface area contributed by atoms with Crippen LogP contribution in [0.4, 0.5) is 5.82 Å². The van der Waals surface area contributed by atoms with Crippen molar-refractivity contribution in [1.29, 1.82) is 0 Å². The van der Waals surface area contributed by atoms with Crippen molar-refractivity contribution < 1.29 is 4.74 Å². The van der Waals surface area contributed by atoms with E-state index in [0.29, 0.717) is 23.2 Å². The zero-order chi connectivity index (χ0) is 12.3. The molecule has 2 aromatic rings. The maximum atomic E-state index is 6.03. The zero-order valence-electron chi connectivity index (χ0n) is 9.48. The monoisotopic (exact) mass is 248 g/mol. The molecule has 0 amide bonds. The van der Waals surface area contributed by atoms with E-state index >= 15 is 0 Å². The molecule has 4 heteroatoms. The minimum absolute atomic E-state index is 0.426. The highest BCUT2D eigenvalue weighted by Crippen LogP contribution is 2.26. The molecule has 0 radical (unpaired) electrons. The molecule has 0 spiro atoms. The van der Waals surface area contributed by atoms with Gasteiger partial charge in [0.25, 0.3) is 0 Å². The fraction of sp³-hybridized carbons (Fsp3) is 0.154. The zero-order valence-corrected chi connectivity index (χ0v) is 10.2. The van der Waals surface area contributed by atoms with Crippen molar-refractivity contribution in [2.45, 2.75) is 13.5 Å². The van der Waals surface area contributed by atoms with E-state index in [4.69, 9.17) is 22.1 Å². The van der Waals surface area contributed by atoms with E-state index in [9.17, 15) is 0 Å². The van der Waals surface area contributed by atoms with Crippen LogP contribution in [0.1, 0.15) is 11.1 Å². The van der Waals surface area contributed by atoms with Crippen LogP contribution in [0.2, 0.25) is 5.02 Å². The normalized spacial score (nSPS) is 10.2. The van der Waals surface area contributed by atoms with Crippen LogP contribution < -0.4 is 10.5 Å². The molecule has 17 heavy (non-hydrogen) atoms. The van der Waals surface area contributed by atoms with E-state index in [0.717, 1.165) is 11.1 Å². The van der Waals surface area contributed by atoms with E-state index < -0.39 is 0 Å². The molecule has 2 rings (SSSR count). The van der Waals surface area contributed by atoms with Crippen LogP contribution in [0.15, 0.2) is 36.5 Å². The number of nitrogens with two attached hydrogens (primary N) is 1. The third-order valence-corrected chi connectivity index (χ3v) is 2.64. The van der Waals surface area contributed by atoms with Crippen molar-refractivity contribution >= 4 is 17.4 Å². The Morgan fingerprint density at radius 3 is 2.88 bits per heavy atom. The summed E-state index contributed by atoms with van der Waals surface area (Å²) in [6.45, 7) is 2.42. The number of benzene rings is 1. The molecule has 0 aliphatic rings. The summed E-state index contributed by atoms with van der Waals surface area (Å²) in [6, 6.07) is 9.32. The third kappa shape index (κ3) is 3.11. The van der Waals surface area contributed by atoms with Gasteiger partial charge in [-0.05, 0) is 42.3 Å². The van der Waals surface area contributed by atoms with Crippen LogP contribution in [0, 0.1) is 6.92 Å². The van der Waals surface area contributed by atoms with E-state index in [1.165, 1.54) is 0 Å². The molecular formula is C13H13ClN2O. The van der Waals surface area contributed by atoms with Crippen molar-refractivity contribution in [2.75, 3.05) is 5.73 Å². The number of anilines is 1. The number of pyridine rings is 1. The van der Waals surface area contributed by atoms with Crippen molar-refractivity contribution in [3.63, 3.8) is 0 Å². The Morgan fingerprint density at radius 2 is 2.12 bits per heavy atom. The molecule has 0 fully saturated rings. The summed E-state index contributed by atoms with van der Waals surface area (Å²) in [5.41, 5.74) is 7.67. The summed E-state index contributed by atoms with van der Waals surface area (Å²) in [6.07, 6.45) is 1.66. The Bertz CT molecular complexity index is 529. The number of hydrogen-bond donors (Lipinski definition) is 1. The number of ether oxygens (including phenoxy) is 1. The lowest BCUT2D eigenvalue weighted by molar-refractivity contribution is 0.306. The highest BCUT2D eigenvalue weighted by molar-refractivity contribution is 6.32. The predicted molar refractivity (Wildman–Crippen MR) is 69.2 cm³/mol. The molecule has 1 aromatic carbocycles. The molecule has 88 valence electrons. The summed E-state index contributed by atoms with van der Waals surface area (Å²) in [5, 5.41) is 0.609. The average molecular weight is 249 g/mol. The van der Waals surface area contributed by atoms with Gasteiger partial charge in [-0.15, -0.1) is 0 Å². The Balaban J connectivity index is 2.09. The molecule has 0 aliphatic carbocycles. The fourth-order valence-corrected chi connectivity index (χ4v) is 1.64. The summed E-state index contributed by atoms with van der Waals surface area (Å²) >= 11 is 6.03. The predicted octanol–water partition coefficient (Wildman–Crippen LogP) is 3.20. The van der Waals surface area contributed by atoms with E-state index in [-0.39, 0.29) is 0 Å². The summed E-state index contributed by atoms with van der Waals surface area (Å²) in [4.78, 5) is 3.92. The van der Waals surface area contributed by atoms with Crippen LogP contribution in [0.3, 0.4) is 0 Å². The van der Waals surface area contributed by atoms with Gasteiger partial charge >= 0.3 is 0 Å². The molecule has 0 atom stereocenters. The molecule has 1 heterocycles. The maximum Gasteiger partial charge on any atom is 0.138 e. The molecule has 0 bridgehead atoms. The van der Waals surface area contributed by atoms with Crippen LogP contribution in [0.25, 0.3) is 0 Å². The number of halogens is 1. The largest absolute Gasteiger partial charge is 0.487 e. The van der Waals surface area contributed by atoms with Gasteiger partial charge in [0.15, 0.2) is 0 Å². The van der Waals surface area contributed by atoms with Crippen molar-refractivity contribution in [2.24, 2.45) is 0 Å². The lowest BCUT2D eigenvalue weighted by atomic mass is 10.2. The quantitative estimate of drug-likeness (QED) is 0.907. The second-order valence-corrected chi connectivity index (χ2v) is 4.22. The highest BCUT2D eigenvalue weighted by atomic mass is 35.5. The molecule has 1 aromatic heterocycles. The highest BCUT2D eigenvalue weighted by Gasteiger charge is 2.02. The first kappa shape index (κ1) is 11.7. The number of rotatable bonds is 3. The van der Waals surface area contributed by atoms with Gasteiger partial charge in [-0.1, -0.05) is 17.7 Å². The number of aromatic nitrogens is 1. The molecule has 2 N–H and O–H groups in total. The minimum atomic E-state index is 0.426. The summed E-state index contributed by atoms with van der Waals surface area (Å²) in [5.74, 6) is 1.17. The van der Waals surface area contributed by atoms with Gasteiger partial charge in [0.1, 0.15) is 18.2 Å². The Hall–Kier alpha value is -1.74. The van der Waals surface area contributed by atoms with E-state index in [1.807, 2.05) is 31.2 Å².